The second kappa shape index (κ2) is 8.10. The second-order valence-corrected chi connectivity index (χ2v) is 8.26. The van der Waals surface area contributed by atoms with Crippen LogP contribution in [0.25, 0.3) is 0 Å². The van der Waals surface area contributed by atoms with Crippen LogP contribution in [0.4, 0.5) is 11.4 Å². The summed E-state index contributed by atoms with van der Waals surface area (Å²) in [7, 11) is 0. The zero-order chi connectivity index (χ0) is 18.7. The SMILES string of the molecule is CC(C)Sc1ncccc1C(=O)Nc1ccc(N2CCCC2=O)c(Cl)c1. The van der Waals surface area contributed by atoms with Gasteiger partial charge in [0.05, 0.1) is 16.3 Å². The van der Waals surface area contributed by atoms with Crippen molar-refractivity contribution in [1.82, 2.24) is 4.98 Å². The van der Waals surface area contributed by atoms with E-state index in [2.05, 4.69) is 24.1 Å². The Labute approximate surface area is 162 Å². The van der Waals surface area contributed by atoms with Crippen LogP contribution in [0, 0.1) is 0 Å². The van der Waals surface area contributed by atoms with Crippen molar-refractivity contribution >= 4 is 46.6 Å². The van der Waals surface area contributed by atoms with Crippen LogP contribution < -0.4 is 10.2 Å². The van der Waals surface area contributed by atoms with Crippen LogP contribution in [-0.2, 0) is 4.79 Å². The Balaban J connectivity index is 1.78. The molecule has 0 spiro atoms. The van der Waals surface area contributed by atoms with Gasteiger partial charge in [0, 0.05) is 30.1 Å². The minimum Gasteiger partial charge on any atom is -0.322 e. The highest BCUT2D eigenvalue weighted by atomic mass is 35.5. The first-order valence-electron chi connectivity index (χ1n) is 8.48. The molecule has 0 unspecified atom stereocenters. The summed E-state index contributed by atoms with van der Waals surface area (Å²) in [6.45, 7) is 4.79. The highest BCUT2D eigenvalue weighted by Gasteiger charge is 2.24. The van der Waals surface area contributed by atoms with E-state index in [1.54, 1.807) is 53.2 Å². The number of nitrogens with one attached hydrogen (secondary N) is 1. The van der Waals surface area contributed by atoms with E-state index in [1.807, 2.05) is 0 Å². The number of thioether (sulfide) groups is 1. The molecule has 7 heteroatoms. The molecule has 0 bridgehead atoms. The van der Waals surface area contributed by atoms with Gasteiger partial charge in [-0.3, -0.25) is 9.59 Å². The summed E-state index contributed by atoms with van der Waals surface area (Å²) in [5, 5.41) is 4.33. The Hall–Kier alpha value is -2.05. The lowest BCUT2D eigenvalue weighted by atomic mass is 10.2. The molecule has 2 amide bonds. The van der Waals surface area contributed by atoms with Gasteiger partial charge in [-0.2, -0.15) is 0 Å². The number of carbonyl (C=O) groups is 2. The Kier molecular flexibility index (Phi) is 5.84. The molecule has 0 atom stereocenters. The fraction of sp³-hybridized carbons (Fsp3) is 0.316. The number of halogens is 1. The number of nitrogens with zero attached hydrogens (tertiary/aromatic N) is 2. The lowest BCUT2D eigenvalue weighted by Gasteiger charge is -2.18. The lowest BCUT2D eigenvalue weighted by molar-refractivity contribution is -0.117. The second-order valence-electron chi connectivity index (χ2n) is 6.29. The third kappa shape index (κ3) is 4.19. The fourth-order valence-corrected chi connectivity index (χ4v) is 3.92. The van der Waals surface area contributed by atoms with E-state index in [4.69, 9.17) is 11.6 Å². The molecule has 2 heterocycles. The molecule has 5 nitrogen and oxygen atoms in total. The first kappa shape index (κ1) is 18.7. The smallest absolute Gasteiger partial charge is 0.258 e. The van der Waals surface area contributed by atoms with Crippen LogP contribution in [-0.4, -0.2) is 28.6 Å². The summed E-state index contributed by atoms with van der Waals surface area (Å²) < 4.78 is 0. The Morgan fingerprint density at radius 1 is 1.35 bits per heavy atom. The minimum absolute atomic E-state index is 0.0781. The average Bonchev–Trinajstić information content (AvgIpc) is 3.01. The van der Waals surface area contributed by atoms with Gasteiger partial charge in [-0.05, 0) is 36.8 Å². The molecule has 26 heavy (non-hydrogen) atoms. The minimum atomic E-state index is -0.234. The quantitative estimate of drug-likeness (QED) is 0.758. The number of hydrogen-bond acceptors (Lipinski definition) is 4. The first-order valence-corrected chi connectivity index (χ1v) is 9.74. The van der Waals surface area contributed by atoms with E-state index >= 15 is 0 Å². The molecule has 1 aromatic heterocycles. The molecule has 0 radical (unpaired) electrons. The van der Waals surface area contributed by atoms with E-state index < -0.39 is 0 Å². The standard InChI is InChI=1S/C19H20ClN3O2S/c1-12(2)26-19-14(5-3-9-21-19)18(25)22-13-7-8-16(15(20)11-13)23-10-4-6-17(23)24/h3,5,7-9,11-12H,4,6,10H2,1-2H3,(H,22,25). The average molecular weight is 390 g/mol. The van der Waals surface area contributed by atoms with Crippen LogP contribution in [0.5, 0.6) is 0 Å². The maximum absolute atomic E-state index is 12.6. The largest absolute Gasteiger partial charge is 0.322 e. The molecule has 136 valence electrons. The number of hydrogen-bond donors (Lipinski definition) is 1. The Bertz CT molecular complexity index is 841. The topological polar surface area (TPSA) is 62.3 Å². The molecule has 2 aromatic rings. The zero-order valence-electron chi connectivity index (χ0n) is 14.7. The summed E-state index contributed by atoms with van der Waals surface area (Å²) in [5.41, 5.74) is 1.80. The van der Waals surface area contributed by atoms with Crippen molar-refractivity contribution in [3.63, 3.8) is 0 Å². The number of benzene rings is 1. The monoisotopic (exact) mass is 389 g/mol. The molecule has 1 fully saturated rings. The number of anilines is 2. The number of aromatic nitrogens is 1. The molecule has 3 rings (SSSR count). The highest BCUT2D eigenvalue weighted by Crippen LogP contribution is 2.32. The summed E-state index contributed by atoms with van der Waals surface area (Å²) in [4.78, 5) is 30.5. The van der Waals surface area contributed by atoms with Crippen molar-refractivity contribution in [3.05, 3.63) is 47.1 Å². The normalized spacial score (nSPS) is 14.2. The van der Waals surface area contributed by atoms with Gasteiger partial charge in [0.25, 0.3) is 5.91 Å². The molecule has 1 saturated heterocycles. The van der Waals surface area contributed by atoms with Crippen LogP contribution in [0.1, 0.15) is 37.0 Å². The third-order valence-electron chi connectivity index (χ3n) is 3.93. The van der Waals surface area contributed by atoms with Crippen LogP contribution in [0.15, 0.2) is 41.6 Å². The summed E-state index contributed by atoms with van der Waals surface area (Å²) in [5.74, 6) is -0.156. The first-order chi connectivity index (χ1) is 12.5. The van der Waals surface area contributed by atoms with Crippen molar-refractivity contribution < 1.29 is 9.59 Å². The van der Waals surface area contributed by atoms with Crippen molar-refractivity contribution in [2.24, 2.45) is 0 Å². The predicted octanol–water partition coefficient (Wildman–Crippen LogP) is 4.61. The fourth-order valence-electron chi connectivity index (χ4n) is 2.79. The van der Waals surface area contributed by atoms with E-state index in [0.717, 1.165) is 6.42 Å². The van der Waals surface area contributed by atoms with Gasteiger partial charge in [-0.1, -0.05) is 25.4 Å². The van der Waals surface area contributed by atoms with Crippen molar-refractivity contribution in [2.75, 3.05) is 16.8 Å². The molecule has 1 aliphatic rings. The van der Waals surface area contributed by atoms with Gasteiger partial charge in [-0.25, -0.2) is 4.98 Å². The van der Waals surface area contributed by atoms with Gasteiger partial charge in [-0.15, -0.1) is 11.8 Å². The van der Waals surface area contributed by atoms with Crippen molar-refractivity contribution in [1.29, 1.82) is 0 Å². The summed E-state index contributed by atoms with van der Waals surface area (Å²) in [6, 6.07) is 8.71. The van der Waals surface area contributed by atoms with E-state index in [1.165, 1.54) is 0 Å². The Morgan fingerprint density at radius 3 is 2.81 bits per heavy atom. The third-order valence-corrected chi connectivity index (χ3v) is 5.26. The van der Waals surface area contributed by atoms with Crippen molar-refractivity contribution in [2.45, 2.75) is 37.0 Å². The van der Waals surface area contributed by atoms with Gasteiger partial charge in [0.2, 0.25) is 5.91 Å². The highest BCUT2D eigenvalue weighted by molar-refractivity contribution is 7.99. The van der Waals surface area contributed by atoms with E-state index in [-0.39, 0.29) is 11.8 Å². The predicted molar refractivity (Wildman–Crippen MR) is 106 cm³/mol. The van der Waals surface area contributed by atoms with Gasteiger partial charge in [0.1, 0.15) is 5.03 Å². The molecule has 0 saturated carbocycles. The molecule has 1 N–H and O–H groups in total. The van der Waals surface area contributed by atoms with E-state index in [9.17, 15) is 9.59 Å². The Morgan fingerprint density at radius 2 is 2.15 bits per heavy atom. The van der Waals surface area contributed by atoms with Gasteiger partial charge in [0.15, 0.2) is 0 Å². The summed E-state index contributed by atoms with van der Waals surface area (Å²) in [6.07, 6.45) is 3.07. The van der Waals surface area contributed by atoms with Crippen LogP contribution in [0.2, 0.25) is 5.02 Å². The summed E-state index contributed by atoms with van der Waals surface area (Å²) >= 11 is 7.89. The lowest BCUT2D eigenvalue weighted by Crippen LogP contribution is -2.24. The molecular weight excluding hydrogens is 370 g/mol. The molecular formula is C19H20ClN3O2S. The molecule has 0 aliphatic carbocycles. The van der Waals surface area contributed by atoms with Crippen LogP contribution >= 0.6 is 23.4 Å². The van der Waals surface area contributed by atoms with Crippen LogP contribution in [0.3, 0.4) is 0 Å². The number of rotatable bonds is 5. The maximum Gasteiger partial charge on any atom is 0.258 e. The maximum atomic E-state index is 12.6. The zero-order valence-corrected chi connectivity index (χ0v) is 16.2. The van der Waals surface area contributed by atoms with Gasteiger partial charge < -0.3 is 10.2 Å². The number of amides is 2. The number of carbonyl (C=O) groups excluding carboxylic acids is 2. The van der Waals surface area contributed by atoms with E-state index in [0.29, 0.717) is 45.2 Å². The van der Waals surface area contributed by atoms with Crippen molar-refractivity contribution in [3.8, 4) is 0 Å². The molecule has 1 aromatic carbocycles. The van der Waals surface area contributed by atoms with Gasteiger partial charge >= 0.3 is 0 Å². The molecule has 1 aliphatic heterocycles. The number of pyridine rings is 1.